The molecule has 0 aliphatic rings. The number of nitrogens with one attached hydrogen (secondary N) is 1. The van der Waals surface area contributed by atoms with Gasteiger partial charge in [0.05, 0.1) is 17.8 Å². The Kier molecular flexibility index (Phi) is 4.09. The fourth-order valence-corrected chi connectivity index (χ4v) is 1.93. The lowest BCUT2D eigenvalue weighted by Crippen LogP contribution is -2.06. The van der Waals surface area contributed by atoms with Crippen LogP contribution in [-0.4, -0.2) is 4.98 Å². The molecule has 19 heavy (non-hydrogen) atoms. The van der Waals surface area contributed by atoms with Crippen LogP contribution in [0.2, 0.25) is 0 Å². The lowest BCUT2D eigenvalue weighted by Gasteiger charge is -2.10. The molecule has 1 aromatic carbocycles. The van der Waals surface area contributed by atoms with Gasteiger partial charge in [-0.05, 0) is 46.3 Å². The van der Waals surface area contributed by atoms with Crippen molar-refractivity contribution < 1.29 is 13.2 Å². The van der Waals surface area contributed by atoms with Crippen LogP contribution in [0.4, 0.5) is 18.9 Å². The number of aromatic nitrogens is 1. The smallest absolute Gasteiger partial charge is 0.379 e. The number of alkyl halides is 3. The van der Waals surface area contributed by atoms with Gasteiger partial charge in [0.1, 0.15) is 4.60 Å². The van der Waals surface area contributed by atoms with Crippen molar-refractivity contribution in [2.75, 3.05) is 5.32 Å². The zero-order valence-electron chi connectivity index (χ0n) is 9.71. The number of hydrogen-bond donors (Lipinski definition) is 1. The van der Waals surface area contributed by atoms with Gasteiger partial charge in [0.15, 0.2) is 0 Å². The highest BCUT2D eigenvalue weighted by Crippen LogP contribution is 2.30. The molecule has 0 amide bonds. The number of hydrogen-bond acceptors (Lipinski definition) is 2. The molecule has 100 valence electrons. The van der Waals surface area contributed by atoms with E-state index in [0.29, 0.717) is 16.8 Å². The Morgan fingerprint density at radius 3 is 2.53 bits per heavy atom. The van der Waals surface area contributed by atoms with Crippen LogP contribution in [0.1, 0.15) is 11.3 Å². The van der Waals surface area contributed by atoms with Gasteiger partial charge in [0.2, 0.25) is 0 Å². The molecule has 0 saturated heterocycles. The summed E-state index contributed by atoms with van der Waals surface area (Å²) >= 11 is 3.24. The summed E-state index contributed by atoms with van der Waals surface area (Å²) in [6, 6.07) is 10.5. The first-order valence-electron chi connectivity index (χ1n) is 5.48. The van der Waals surface area contributed by atoms with E-state index in [4.69, 9.17) is 0 Å². The average molecular weight is 331 g/mol. The standard InChI is InChI=1S/C13H10BrF3N2/c14-12-6-2-5-11(19-12)8-18-10-4-1-3-9(7-10)13(15,16)17/h1-7,18H,8H2. The molecule has 0 aliphatic heterocycles. The summed E-state index contributed by atoms with van der Waals surface area (Å²) in [6.45, 7) is 0.362. The Morgan fingerprint density at radius 1 is 1.11 bits per heavy atom. The van der Waals surface area contributed by atoms with E-state index in [0.717, 1.165) is 17.8 Å². The van der Waals surface area contributed by atoms with Gasteiger partial charge in [-0.25, -0.2) is 4.98 Å². The number of nitrogens with zero attached hydrogens (tertiary/aromatic N) is 1. The van der Waals surface area contributed by atoms with Crippen molar-refractivity contribution in [3.63, 3.8) is 0 Å². The SMILES string of the molecule is FC(F)(F)c1cccc(NCc2cccc(Br)n2)c1. The summed E-state index contributed by atoms with van der Waals surface area (Å²) in [5, 5.41) is 2.92. The highest BCUT2D eigenvalue weighted by molar-refractivity contribution is 9.10. The Morgan fingerprint density at radius 2 is 1.84 bits per heavy atom. The largest absolute Gasteiger partial charge is 0.416 e. The fourth-order valence-electron chi connectivity index (χ4n) is 1.55. The molecule has 0 fully saturated rings. The minimum absolute atomic E-state index is 0.362. The first kappa shape index (κ1) is 13.9. The van der Waals surface area contributed by atoms with E-state index in [1.165, 1.54) is 6.07 Å². The maximum Gasteiger partial charge on any atom is 0.416 e. The molecular formula is C13H10BrF3N2. The number of anilines is 1. The van der Waals surface area contributed by atoms with Gasteiger partial charge in [0, 0.05) is 5.69 Å². The van der Waals surface area contributed by atoms with Gasteiger partial charge < -0.3 is 5.32 Å². The van der Waals surface area contributed by atoms with Crippen molar-refractivity contribution in [1.29, 1.82) is 0 Å². The van der Waals surface area contributed by atoms with E-state index < -0.39 is 11.7 Å². The van der Waals surface area contributed by atoms with E-state index in [-0.39, 0.29) is 0 Å². The van der Waals surface area contributed by atoms with Crippen LogP contribution in [0, 0.1) is 0 Å². The van der Waals surface area contributed by atoms with Crippen molar-refractivity contribution in [1.82, 2.24) is 4.98 Å². The van der Waals surface area contributed by atoms with Gasteiger partial charge in [-0.3, -0.25) is 0 Å². The van der Waals surface area contributed by atoms with E-state index in [9.17, 15) is 13.2 Å². The second-order valence-corrected chi connectivity index (χ2v) is 4.70. The first-order chi connectivity index (χ1) is 8.95. The molecular weight excluding hydrogens is 321 g/mol. The third-order valence-corrected chi connectivity index (χ3v) is 2.88. The number of pyridine rings is 1. The molecule has 0 aliphatic carbocycles. The van der Waals surface area contributed by atoms with Gasteiger partial charge in [-0.15, -0.1) is 0 Å². The van der Waals surface area contributed by atoms with Gasteiger partial charge in [0.25, 0.3) is 0 Å². The van der Waals surface area contributed by atoms with Crippen LogP contribution in [0.3, 0.4) is 0 Å². The van der Waals surface area contributed by atoms with Crippen molar-refractivity contribution in [3.8, 4) is 0 Å². The van der Waals surface area contributed by atoms with E-state index in [2.05, 4.69) is 26.2 Å². The molecule has 0 radical (unpaired) electrons. The van der Waals surface area contributed by atoms with Crippen LogP contribution in [0.5, 0.6) is 0 Å². The highest BCUT2D eigenvalue weighted by atomic mass is 79.9. The zero-order chi connectivity index (χ0) is 13.9. The second-order valence-electron chi connectivity index (χ2n) is 3.88. The zero-order valence-corrected chi connectivity index (χ0v) is 11.3. The molecule has 0 unspecified atom stereocenters. The quantitative estimate of drug-likeness (QED) is 0.839. The molecule has 1 N–H and O–H groups in total. The van der Waals surface area contributed by atoms with Gasteiger partial charge >= 0.3 is 6.18 Å². The topological polar surface area (TPSA) is 24.9 Å². The molecule has 0 bridgehead atoms. The number of halogens is 4. The van der Waals surface area contributed by atoms with Crippen LogP contribution in [0.25, 0.3) is 0 Å². The van der Waals surface area contributed by atoms with E-state index in [1.54, 1.807) is 18.2 Å². The third-order valence-electron chi connectivity index (χ3n) is 2.44. The lowest BCUT2D eigenvalue weighted by atomic mass is 10.2. The predicted molar refractivity (Wildman–Crippen MR) is 70.7 cm³/mol. The summed E-state index contributed by atoms with van der Waals surface area (Å²) in [4.78, 5) is 4.19. The summed E-state index contributed by atoms with van der Waals surface area (Å²) in [5.74, 6) is 0. The molecule has 0 atom stereocenters. The summed E-state index contributed by atoms with van der Waals surface area (Å²) in [7, 11) is 0. The monoisotopic (exact) mass is 330 g/mol. The summed E-state index contributed by atoms with van der Waals surface area (Å²) < 4.78 is 38.3. The van der Waals surface area contributed by atoms with Crippen molar-refractivity contribution in [2.24, 2.45) is 0 Å². The number of rotatable bonds is 3. The highest BCUT2D eigenvalue weighted by Gasteiger charge is 2.30. The maximum absolute atomic E-state index is 12.5. The van der Waals surface area contributed by atoms with Gasteiger partial charge in [-0.2, -0.15) is 13.2 Å². The normalized spacial score (nSPS) is 11.4. The molecule has 0 saturated carbocycles. The Balaban J connectivity index is 2.08. The van der Waals surface area contributed by atoms with Crippen molar-refractivity contribution in [3.05, 3.63) is 58.3 Å². The van der Waals surface area contributed by atoms with E-state index in [1.807, 2.05) is 6.07 Å². The van der Waals surface area contributed by atoms with Crippen LogP contribution < -0.4 is 5.32 Å². The fraction of sp³-hybridized carbons (Fsp3) is 0.154. The lowest BCUT2D eigenvalue weighted by molar-refractivity contribution is -0.137. The predicted octanol–water partition coefficient (Wildman–Crippen LogP) is 4.48. The van der Waals surface area contributed by atoms with Crippen molar-refractivity contribution in [2.45, 2.75) is 12.7 Å². The Labute approximate surface area is 116 Å². The third kappa shape index (κ3) is 3.96. The minimum Gasteiger partial charge on any atom is -0.379 e. The molecule has 2 aromatic rings. The molecule has 2 rings (SSSR count). The van der Waals surface area contributed by atoms with Crippen LogP contribution in [0.15, 0.2) is 47.1 Å². The molecule has 0 spiro atoms. The minimum atomic E-state index is -4.33. The molecule has 1 aromatic heterocycles. The van der Waals surface area contributed by atoms with Crippen molar-refractivity contribution >= 4 is 21.6 Å². The van der Waals surface area contributed by atoms with Crippen LogP contribution in [-0.2, 0) is 12.7 Å². The molecule has 2 nitrogen and oxygen atoms in total. The first-order valence-corrected chi connectivity index (χ1v) is 6.27. The molecule has 6 heteroatoms. The van der Waals surface area contributed by atoms with E-state index >= 15 is 0 Å². The summed E-state index contributed by atoms with van der Waals surface area (Å²) in [5.41, 5.74) is 0.489. The summed E-state index contributed by atoms with van der Waals surface area (Å²) in [6.07, 6.45) is -4.33. The van der Waals surface area contributed by atoms with Crippen LogP contribution >= 0.6 is 15.9 Å². The Bertz CT molecular complexity index is 570. The number of benzene rings is 1. The Hall–Kier alpha value is -1.56. The second kappa shape index (κ2) is 5.61. The van der Waals surface area contributed by atoms with Gasteiger partial charge in [-0.1, -0.05) is 12.1 Å². The average Bonchev–Trinajstić information content (AvgIpc) is 2.36. The molecule has 1 heterocycles. The maximum atomic E-state index is 12.5.